The zero-order valence-electron chi connectivity index (χ0n) is 34.0. The minimum absolute atomic E-state index is 0.124. The summed E-state index contributed by atoms with van der Waals surface area (Å²) in [5, 5.41) is 11.1. The van der Waals surface area contributed by atoms with Gasteiger partial charge < -0.3 is 39.6 Å². The minimum Gasteiger partial charge on any atom is -0.496 e. The first-order valence-corrected chi connectivity index (χ1v) is 20.1. The molecule has 300 valence electrons. The van der Waals surface area contributed by atoms with Gasteiger partial charge in [0.1, 0.15) is 23.1 Å². The molecule has 12 nitrogen and oxygen atoms in total. The molecule has 5 aromatic rings. The quantitative estimate of drug-likeness (QED) is 0.0637. The molecule has 4 N–H and O–H groups in total. The minimum atomic E-state index is -0.400. The maximum Gasteiger partial charge on any atom is 0.323 e. The van der Waals surface area contributed by atoms with E-state index in [0.29, 0.717) is 46.7 Å². The van der Waals surface area contributed by atoms with Crippen LogP contribution >= 0.6 is 11.9 Å². The standard InChI is InChI=1S/C44H53N7O5S/c1-43(2,3)30-23-36(41(54-7)37(24-30)50-57-8)49-42(52)48-35-15-16-38(34-12-10-9-11-33(34)35)56-32-17-18-46-40(26-32)47-31-14-13-29(39(25-31)53-6)27-45-19-20-51-21-22-55-44(4,5)28-51/h9-18,23-27,50H,19-22,28H2,1-8H3,(H,46,47)(H2,48,49,52). The van der Waals surface area contributed by atoms with Crippen LogP contribution in [0.2, 0.25) is 0 Å². The van der Waals surface area contributed by atoms with Crippen molar-refractivity contribution in [1.29, 1.82) is 0 Å². The van der Waals surface area contributed by atoms with Crippen molar-refractivity contribution in [3.8, 4) is 23.0 Å². The molecule has 0 radical (unpaired) electrons. The average Bonchev–Trinajstić information content (AvgIpc) is 3.17. The van der Waals surface area contributed by atoms with Gasteiger partial charge in [-0.3, -0.25) is 9.89 Å². The lowest BCUT2D eigenvalue weighted by Gasteiger charge is -2.37. The van der Waals surface area contributed by atoms with Crippen LogP contribution in [-0.2, 0) is 10.2 Å². The first-order valence-electron chi connectivity index (χ1n) is 18.9. The van der Waals surface area contributed by atoms with Crippen LogP contribution < -0.4 is 34.9 Å². The van der Waals surface area contributed by atoms with E-state index in [1.54, 1.807) is 26.5 Å². The average molecular weight is 792 g/mol. The molecule has 1 aliphatic rings. The molecule has 1 fully saturated rings. The van der Waals surface area contributed by atoms with Crippen molar-refractivity contribution in [3.63, 3.8) is 0 Å². The fourth-order valence-corrected chi connectivity index (χ4v) is 7.06. The number of methoxy groups -OCH3 is 2. The van der Waals surface area contributed by atoms with Gasteiger partial charge in [0.2, 0.25) is 0 Å². The lowest BCUT2D eigenvalue weighted by Crippen LogP contribution is -2.48. The topological polar surface area (TPSA) is 131 Å². The molecule has 2 heterocycles. The van der Waals surface area contributed by atoms with Crippen molar-refractivity contribution in [2.24, 2.45) is 4.99 Å². The predicted octanol–water partition coefficient (Wildman–Crippen LogP) is 9.95. The van der Waals surface area contributed by atoms with Crippen LogP contribution in [0.1, 0.15) is 45.7 Å². The first-order chi connectivity index (χ1) is 27.4. The number of carbonyl (C=O) groups is 1. The van der Waals surface area contributed by atoms with Crippen LogP contribution in [0, 0.1) is 0 Å². The Bertz CT molecular complexity index is 2220. The monoisotopic (exact) mass is 791 g/mol. The maximum atomic E-state index is 13.5. The highest BCUT2D eigenvalue weighted by molar-refractivity contribution is 7.99. The largest absolute Gasteiger partial charge is 0.496 e. The van der Waals surface area contributed by atoms with Gasteiger partial charge >= 0.3 is 6.03 Å². The van der Waals surface area contributed by atoms with Crippen LogP contribution in [0.25, 0.3) is 10.8 Å². The smallest absolute Gasteiger partial charge is 0.323 e. The lowest BCUT2D eigenvalue weighted by molar-refractivity contribution is -0.0850. The lowest BCUT2D eigenvalue weighted by atomic mass is 9.86. The summed E-state index contributed by atoms with van der Waals surface area (Å²) in [5.41, 5.74) is 4.45. The number of carbonyl (C=O) groups excluding carboxylic acids is 1. The van der Waals surface area contributed by atoms with E-state index < -0.39 is 6.03 Å². The second-order valence-electron chi connectivity index (χ2n) is 15.4. The van der Waals surface area contributed by atoms with E-state index in [2.05, 4.69) is 70.2 Å². The summed E-state index contributed by atoms with van der Waals surface area (Å²) in [4.78, 5) is 25.1. The number of amides is 2. The Hall–Kier alpha value is -5.50. The number of hydrogen-bond acceptors (Lipinski definition) is 11. The summed E-state index contributed by atoms with van der Waals surface area (Å²) >= 11 is 1.46. The third-order valence-electron chi connectivity index (χ3n) is 9.50. The summed E-state index contributed by atoms with van der Waals surface area (Å²) in [5.74, 6) is 3.07. The number of hydrogen-bond donors (Lipinski definition) is 4. The Morgan fingerprint density at radius 2 is 1.72 bits per heavy atom. The van der Waals surface area contributed by atoms with E-state index in [0.717, 1.165) is 59.5 Å². The summed E-state index contributed by atoms with van der Waals surface area (Å²) < 4.78 is 27.0. The highest BCUT2D eigenvalue weighted by Gasteiger charge is 2.26. The fraction of sp³-hybridized carbons (Fsp3) is 0.341. The molecule has 4 aromatic carbocycles. The molecule has 0 unspecified atom stereocenters. The number of rotatable bonds is 14. The number of nitrogens with zero attached hydrogens (tertiary/aromatic N) is 3. The van der Waals surface area contributed by atoms with E-state index in [4.69, 9.17) is 18.9 Å². The summed E-state index contributed by atoms with van der Waals surface area (Å²) in [7, 11) is 3.25. The van der Waals surface area contributed by atoms with Gasteiger partial charge in [-0.2, -0.15) is 0 Å². The number of benzene rings is 4. The van der Waals surface area contributed by atoms with Crippen molar-refractivity contribution in [2.45, 2.75) is 45.6 Å². The molecule has 1 aromatic heterocycles. The predicted molar refractivity (Wildman–Crippen MR) is 235 cm³/mol. The fourth-order valence-electron chi connectivity index (χ4n) is 6.69. The van der Waals surface area contributed by atoms with Crippen molar-refractivity contribution in [1.82, 2.24) is 9.88 Å². The number of pyridine rings is 1. The zero-order chi connectivity index (χ0) is 40.6. The molecule has 0 bridgehead atoms. The molecule has 2 amide bonds. The third kappa shape index (κ3) is 10.7. The van der Waals surface area contributed by atoms with Gasteiger partial charge in [-0.15, -0.1) is 0 Å². The Kier molecular flexibility index (Phi) is 13.1. The van der Waals surface area contributed by atoms with E-state index in [1.807, 2.05) is 85.3 Å². The van der Waals surface area contributed by atoms with E-state index >= 15 is 0 Å². The zero-order valence-corrected chi connectivity index (χ0v) is 34.8. The molecule has 0 aliphatic carbocycles. The van der Waals surface area contributed by atoms with E-state index in [9.17, 15) is 4.79 Å². The number of morpholine rings is 1. The van der Waals surface area contributed by atoms with Gasteiger partial charge in [0.15, 0.2) is 5.75 Å². The highest BCUT2D eigenvalue weighted by Crippen LogP contribution is 2.40. The van der Waals surface area contributed by atoms with Crippen LogP contribution in [-0.4, -0.2) is 81.0 Å². The first kappa shape index (κ1) is 41.1. The molecule has 0 saturated carbocycles. The van der Waals surface area contributed by atoms with Crippen LogP contribution in [0.4, 0.5) is 33.4 Å². The van der Waals surface area contributed by atoms with E-state index in [1.165, 1.54) is 11.9 Å². The Labute approximate surface area is 339 Å². The second kappa shape index (κ2) is 18.2. The number of urea groups is 1. The summed E-state index contributed by atoms with van der Waals surface area (Å²) in [6.45, 7) is 14.8. The van der Waals surface area contributed by atoms with Crippen LogP contribution in [0.3, 0.4) is 0 Å². The van der Waals surface area contributed by atoms with Gasteiger partial charge in [0, 0.05) is 72.5 Å². The molecule has 0 spiro atoms. The highest BCUT2D eigenvalue weighted by atomic mass is 32.2. The molecular weight excluding hydrogens is 739 g/mol. The molecule has 1 aliphatic heterocycles. The molecular formula is C44H53N7O5S. The maximum absolute atomic E-state index is 13.5. The molecule has 6 rings (SSSR count). The van der Waals surface area contributed by atoms with E-state index in [-0.39, 0.29) is 11.0 Å². The SMILES string of the molecule is COc1cc(Nc2cc(Oc3ccc(NC(=O)Nc4cc(C(C)(C)C)cc(NSC)c4OC)c4ccccc34)ccn2)ccc1C=NCCN1CCOC(C)(C)C1. The van der Waals surface area contributed by atoms with Crippen molar-refractivity contribution < 1.29 is 23.7 Å². The second-order valence-corrected chi connectivity index (χ2v) is 16.0. The Morgan fingerprint density at radius 3 is 2.46 bits per heavy atom. The van der Waals surface area contributed by atoms with Crippen LogP contribution in [0.5, 0.6) is 23.0 Å². The normalized spacial score (nSPS) is 14.3. The summed E-state index contributed by atoms with van der Waals surface area (Å²) in [6.07, 6.45) is 5.49. The number of anilines is 5. The number of nitrogens with one attached hydrogen (secondary N) is 4. The number of aliphatic imine (C=N–C) groups is 1. The van der Waals surface area contributed by atoms with Gasteiger partial charge in [0.25, 0.3) is 0 Å². The molecule has 57 heavy (non-hydrogen) atoms. The van der Waals surface area contributed by atoms with Crippen molar-refractivity contribution in [3.05, 3.63) is 96.2 Å². The third-order valence-corrected chi connectivity index (χ3v) is 9.92. The van der Waals surface area contributed by atoms with Gasteiger partial charge in [-0.05, 0) is 67.3 Å². The van der Waals surface area contributed by atoms with Gasteiger partial charge in [-0.25, -0.2) is 9.78 Å². The molecule has 0 atom stereocenters. The number of fused-ring (bicyclic) bond motifs is 1. The Balaban J connectivity index is 1.13. The Morgan fingerprint density at radius 1 is 0.947 bits per heavy atom. The molecule has 1 saturated heterocycles. The summed E-state index contributed by atoms with van der Waals surface area (Å²) in [6, 6.07) is 24.6. The van der Waals surface area contributed by atoms with Gasteiger partial charge in [0.05, 0.1) is 50.0 Å². The van der Waals surface area contributed by atoms with Crippen molar-refractivity contribution in [2.75, 3.05) is 73.9 Å². The van der Waals surface area contributed by atoms with Crippen molar-refractivity contribution >= 4 is 63.5 Å². The number of ether oxygens (including phenoxy) is 4. The number of aromatic nitrogens is 1. The van der Waals surface area contributed by atoms with Gasteiger partial charge in [-0.1, -0.05) is 57.0 Å². The van der Waals surface area contributed by atoms with Crippen LogP contribution in [0.15, 0.2) is 90.1 Å². The molecule has 13 heteroatoms.